The second-order valence-electron chi connectivity index (χ2n) is 7.74. The Morgan fingerprint density at radius 1 is 0.900 bits per heavy atom. The van der Waals surface area contributed by atoms with Crippen LogP contribution in [0.15, 0.2) is 12.2 Å². The van der Waals surface area contributed by atoms with Crippen LogP contribution < -0.4 is 5.32 Å². The van der Waals surface area contributed by atoms with E-state index in [0.29, 0.717) is 0 Å². The molecule has 116 valence electrons. The topological polar surface area (TPSA) is 12.0 Å². The minimum absolute atomic E-state index is 0.765. The fraction of sp³-hybridized carbons (Fsp3) is 0.895. The Morgan fingerprint density at radius 2 is 1.60 bits per heavy atom. The summed E-state index contributed by atoms with van der Waals surface area (Å²) in [6, 6.07) is 0.765. The van der Waals surface area contributed by atoms with Gasteiger partial charge in [-0.05, 0) is 67.7 Å². The van der Waals surface area contributed by atoms with Crippen LogP contribution >= 0.6 is 0 Å². The van der Waals surface area contributed by atoms with Crippen LogP contribution in [0.2, 0.25) is 0 Å². The highest BCUT2D eigenvalue weighted by molar-refractivity contribution is 4.99. The van der Waals surface area contributed by atoms with Gasteiger partial charge in [-0.1, -0.05) is 46.8 Å². The Hall–Kier alpha value is -0.300. The van der Waals surface area contributed by atoms with E-state index in [1.54, 1.807) is 0 Å². The van der Waals surface area contributed by atoms with E-state index in [-0.39, 0.29) is 0 Å². The summed E-state index contributed by atoms with van der Waals surface area (Å²) in [6.07, 6.45) is 10.5. The molecule has 0 aromatic heterocycles. The summed E-state index contributed by atoms with van der Waals surface area (Å²) in [5, 5.41) is 3.70. The quantitative estimate of drug-likeness (QED) is 0.706. The first kappa shape index (κ1) is 16.1. The van der Waals surface area contributed by atoms with Crippen molar-refractivity contribution in [1.82, 2.24) is 5.32 Å². The van der Waals surface area contributed by atoms with Crippen molar-refractivity contribution in [3.63, 3.8) is 0 Å². The fourth-order valence-corrected chi connectivity index (χ4v) is 4.29. The molecule has 1 aliphatic heterocycles. The lowest BCUT2D eigenvalue weighted by molar-refractivity contribution is 0.151. The highest BCUT2D eigenvalue weighted by atomic mass is 14.9. The van der Waals surface area contributed by atoms with Crippen LogP contribution in [0.4, 0.5) is 0 Å². The molecule has 1 aliphatic carbocycles. The number of rotatable bonds is 5. The molecule has 1 nitrogen and oxygen atoms in total. The van der Waals surface area contributed by atoms with E-state index in [1.807, 2.05) is 0 Å². The first-order valence-corrected chi connectivity index (χ1v) is 8.92. The van der Waals surface area contributed by atoms with E-state index < -0.39 is 0 Å². The third-order valence-electron chi connectivity index (χ3n) is 6.54. The van der Waals surface area contributed by atoms with Crippen LogP contribution in [-0.4, -0.2) is 12.6 Å². The van der Waals surface area contributed by atoms with Gasteiger partial charge in [0, 0.05) is 6.04 Å². The van der Waals surface area contributed by atoms with E-state index in [0.717, 1.165) is 41.5 Å². The van der Waals surface area contributed by atoms with E-state index in [2.05, 4.69) is 52.1 Å². The van der Waals surface area contributed by atoms with Gasteiger partial charge in [-0.25, -0.2) is 0 Å². The maximum atomic E-state index is 3.70. The zero-order chi connectivity index (χ0) is 14.7. The average Bonchev–Trinajstić information content (AvgIpc) is 2.99. The van der Waals surface area contributed by atoms with Gasteiger partial charge >= 0.3 is 0 Å². The van der Waals surface area contributed by atoms with Crippen LogP contribution in [0, 0.1) is 35.5 Å². The minimum Gasteiger partial charge on any atom is -0.314 e. The van der Waals surface area contributed by atoms with Gasteiger partial charge < -0.3 is 5.32 Å². The highest BCUT2D eigenvalue weighted by Gasteiger charge is 2.32. The highest BCUT2D eigenvalue weighted by Crippen LogP contribution is 2.38. The van der Waals surface area contributed by atoms with Crippen LogP contribution in [0.1, 0.15) is 60.3 Å². The molecule has 0 spiro atoms. The summed E-state index contributed by atoms with van der Waals surface area (Å²) in [7, 11) is 0. The first-order chi connectivity index (χ1) is 9.50. The van der Waals surface area contributed by atoms with Crippen molar-refractivity contribution in [2.45, 2.75) is 66.3 Å². The molecule has 2 rings (SSSR count). The fourth-order valence-electron chi connectivity index (χ4n) is 4.29. The lowest BCUT2D eigenvalue weighted by atomic mass is 9.69. The molecule has 0 bridgehead atoms. The monoisotopic (exact) mass is 277 g/mol. The second kappa shape index (κ2) is 7.11. The molecule has 2 aliphatic rings. The smallest absolute Gasteiger partial charge is 0.00958 e. The Bertz CT molecular complexity index is 316. The largest absolute Gasteiger partial charge is 0.314 e. The van der Waals surface area contributed by atoms with Gasteiger partial charge in [0.15, 0.2) is 0 Å². The van der Waals surface area contributed by atoms with Crippen molar-refractivity contribution in [1.29, 1.82) is 0 Å². The summed E-state index contributed by atoms with van der Waals surface area (Å²) in [6.45, 7) is 13.5. The molecule has 0 aromatic rings. The molecular formula is C19H35N. The zero-order valence-corrected chi connectivity index (χ0v) is 14.2. The maximum Gasteiger partial charge on any atom is 0.00958 e. The molecule has 1 heterocycles. The van der Waals surface area contributed by atoms with Crippen molar-refractivity contribution in [2.24, 2.45) is 35.5 Å². The van der Waals surface area contributed by atoms with Gasteiger partial charge in [0.25, 0.3) is 0 Å². The first-order valence-electron chi connectivity index (χ1n) is 8.92. The zero-order valence-electron chi connectivity index (χ0n) is 14.2. The number of nitrogens with one attached hydrogen (secondary N) is 1. The molecule has 0 amide bonds. The van der Waals surface area contributed by atoms with Gasteiger partial charge in [0.2, 0.25) is 0 Å². The van der Waals surface area contributed by atoms with Crippen LogP contribution in [0.25, 0.3) is 0 Å². The van der Waals surface area contributed by atoms with Crippen molar-refractivity contribution < 1.29 is 0 Å². The van der Waals surface area contributed by atoms with Crippen molar-refractivity contribution in [2.75, 3.05) is 6.54 Å². The van der Waals surface area contributed by atoms with Crippen molar-refractivity contribution in [3.8, 4) is 0 Å². The SMILES string of the molecule is CC1C=CC(C(C)C(C)C(C)C(C)C2CCCN2)CC1. The average molecular weight is 277 g/mol. The van der Waals surface area contributed by atoms with Gasteiger partial charge in [-0.2, -0.15) is 0 Å². The molecular weight excluding hydrogens is 242 g/mol. The predicted octanol–water partition coefficient (Wildman–Crippen LogP) is 4.89. The lowest BCUT2D eigenvalue weighted by Crippen LogP contribution is -2.37. The van der Waals surface area contributed by atoms with Crippen molar-refractivity contribution in [3.05, 3.63) is 12.2 Å². The number of allylic oxidation sites excluding steroid dienone is 2. The second-order valence-corrected chi connectivity index (χ2v) is 7.74. The van der Waals surface area contributed by atoms with Crippen LogP contribution in [-0.2, 0) is 0 Å². The normalized spacial score (nSPS) is 36.5. The van der Waals surface area contributed by atoms with E-state index in [4.69, 9.17) is 0 Å². The molecule has 20 heavy (non-hydrogen) atoms. The molecule has 1 saturated heterocycles. The van der Waals surface area contributed by atoms with Crippen LogP contribution in [0.5, 0.6) is 0 Å². The third-order valence-corrected chi connectivity index (χ3v) is 6.54. The van der Waals surface area contributed by atoms with Gasteiger partial charge in [-0.15, -0.1) is 0 Å². The Labute approximate surface area is 126 Å². The van der Waals surface area contributed by atoms with E-state index in [1.165, 1.54) is 32.2 Å². The molecule has 1 N–H and O–H groups in total. The van der Waals surface area contributed by atoms with Gasteiger partial charge in [0.1, 0.15) is 0 Å². The van der Waals surface area contributed by atoms with Gasteiger partial charge in [-0.3, -0.25) is 0 Å². The van der Waals surface area contributed by atoms with Gasteiger partial charge in [0.05, 0.1) is 0 Å². The molecule has 0 aromatic carbocycles. The Kier molecular flexibility index (Phi) is 5.72. The summed E-state index contributed by atoms with van der Waals surface area (Å²) >= 11 is 0. The van der Waals surface area contributed by atoms with E-state index in [9.17, 15) is 0 Å². The minimum atomic E-state index is 0.765. The third kappa shape index (κ3) is 3.67. The van der Waals surface area contributed by atoms with Crippen LogP contribution in [0.3, 0.4) is 0 Å². The Morgan fingerprint density at radius 3 is 2.15 bits per heavy atom. The summed E-state index contributed by atoms with van der Waals surface area (Å²) < 4.78 is 0. The summed E-state index contributed by atoms with van der Waals surface area (Å²) in [5.74, 6) is 4.86. The maximum absolute atomic E-state index is 3.70. The molecule has 0 radical (unpaired) electrons. The number of hydrogen-bond acceptors (Lipinski definition) is 1. The predicted molar refractivity (Wildman–Crippen MR) is 88.7 cm³/mol. The molecule has 7 atom stereocenters. The summed E-state index contributed by atoms with van der Waals surface area (Å²) in [5.41, 5.74) is 0. The standard InChI is InChI=1S/C19H35N/c1-13-8-10-18(11-9-13)16(4)14(2)15(3)17(5)19-7-6-12-20-19/h8,10,13-20H,6-7,9,11-12H2,1-5H3. The molecule has 0 saturated carbocycles. The van der Waals surface area contributed by atoms with E-state index >= 15 is 0 Å². The summed E-state index contributed by atoms with van der Waals surface area (Å²) in [4.78, 5) is 0. The van der Waals surface area contributed by atoms with Crippen molar-refractivity contribution >= 4 is 0 Å². The molecule has 1 fully saturated rings. The Balaban J connectivity index is 1.91. The molecule has 1 heteroatoms. The molecule has 7 unspecified atom stereocenters. The number of hydrogen-bond donors (Lipinski definition) is 1. The lowest BCUT2D eigenvalue weighted by Gasteiger charge is -2.37.